The number of nitrogens with zero attached hydrogens (tertiary/aromatic N) is 3. The van der Waals surface area contributed by atoms with Crippen LogP contribution in [-0.4, -0.2) is 39.4 Å². The van der Waals surface area contributed by atoms with E-state index in [4.69, 9.17) is 9.47 Å². The number of fused-ring (bicyclic) bond motifs is 1. The van der Waals surface area contributed by atoms with Crippen LogP contribution in [0.1, 0.15) is 42.3 Å². The van der Waals surface area contributed by atoms with Gasteiger partial charge in [-0.15, -0.1) is 0 Å². The smallest absolute Gasteiger partial charge is 0.435 e. The molecule has 0 spiro atoms. The molecule has 2 aromatic heterocycles. The molecule has 0 saturated carbocycles. The Morgan fingerprint density at radius 3 is 2.94 bits per heavy atom. The molecule has 0 atom stereocenters. The van der Waals surface area contributed by atoms with Crippen molar-refractivity contribution >= 4 is 18.2 Å². The molecule has 0 bridgehead atoms. The van der Waals surface area contributed by atoms with Crippen molar-refractivity contribution in [2.45, 2.75) is 39.3 Å². The van der Waals surface area contributed by atoms with E-state index in [9.17, 15) is 9.59 Å². The zero-order chi connectivity index (χ0) is 22.0. The molecule has 0 fully saturated rings. The standard InChI is InChI=1S/C23H24N4O4/c1-23(2,3)31-22(29)27-13-17(11-26-27)19-12-25-21(18-7-8-30-20(18)19)24-10-15-5-4-6-16(9-15)14-28/h4-6,9,11-14H,7-8,10H2,1-3H3,(H,24,25). The normalized spacial score (nSPS) is 12.7. The van der Waals surface area contributed by atoms with E-state index in [0.29, 0.717) is 18.7 Å². The number of anilines is 1. The number of carbonyl (C=O) groups excluding carboxylic acids is 2. The zero-order valence-corrected chi connectivity index (χ0v) is 17.7. The van der Waals surface area contributed by atoms with Gasteiger partial charge in [0.05, 0.1) is 12.8 Å². The number of ether oxygens (including phenoxy) is 2. The van der Waals surface area contributed by atoms with Crippen molar-refractivity contribution in [3.05, 3.63) is 59.5 Å². The van der Waals surface area contributed by atoms with Gasteiger partial charge in [0, 0.05) is 47.6 Å². The molecule has 0 amide bonds. The Labute approximate surface area is 180 Å². The molecule has 8 nitrogen and oxygen atoms in total. The molecule has 0 radical (unpaired) electrons. The molecule has 8 heteroatoms. The van der Waals surface area contributed by atoms with Gasteiger partial charge in [0.25, 0.3) is 0 Å². The summed E-state index contributed by atoms with van der Waals surface area (Å²) >= 11 is 0. The first-order valence-electron chi connectivity index (χ1n) is 10.0. The topological polar surface area (TPSA) is 95.3 Å². The summed E-state index contributed by atoms with van der Waals surface area (Å²) in [6.45, 7) is 6.52. The molecular formula is C23H24N4O4. The van der Waals surface area contributed by atoms with Gasteiger partial charge in [0.15, 0.2) is 0 Å². The fraction of sp³-hybridized carbons (Fsp3) is 0.304. The number of nitrogens with one attached hydrogen (secondary N) is 1. The summed E-state index contributed by atoms with van der Waals surface area (Å²) in [6.07, 6.45) is 5.95. The largest absolute Gasteiger partial charge is 0.492 e. The maximum absolute atomic E-state index is 12.3. The number of hydrogen-bond donors (Lipinski definition) is 1. The minimum atomic E-state index is -0.604. The number of benzene rings is 1. The highest BCUT2D eigenvalue weighted by Crippen LogP contribution is 2.39. The molecule has 3 heterocycles. The van der Waals surface area contributed by atoms with Gasteiger partial charge in [-0.1, -0.05) is 18.2 Å². The second-order valence-corrected chi connectivity index (χ2v) is 8.30. The zero-order valence-electron chi connectivity index (χ0n) is 17.7. The summed E-state index contributed by atoms with van der Waals surface area (Å²) in [4.78, 5) is 27.8. The number of hydrogen-bond acceptors (Lipinski definition) is 7. The number of rotatable bonds is 5. The lowest BCUT2D eigenvalue weighted by Gasteiger charge is -2.18. The summed E-state index contributed by atoms with van der Waals surface area (Å²) in [5, 5.41) is 7.47. The van der Waals surface area contributed by atoms with Crippen molar-refractivity contribution in [3.8, 4) is 16.9 Å². The highest BCUT2D eigenvalue weighted by Gasteiger charge is 2.24. The van der Waals surface area contributed by atoms with Crippen LogP contribution in [0.25, 0.3) is 11.1 Å². The van der Waals surface area contributed by atoms with Crippen LogP contribution >= 0.6 is 0 Å². The molecular weight excluding hydrogens is 396 g/mol. The molecule has 0 unspecified atom stereocenters. The Bertz CT molecular complexity index is 1130. The van der Waals surface area contributed by atoms with Crippen LogP contribution in [0.15, 0.2) is 42.9 Å². The van der Waals surface area contributed by atoms with Crippen LogP contribution in [0.4, 0.5) is 10.6 Å². The summed E-state index contributed by atoms with van der Waals surface area (Å²) in [5.41, 5.74) is 3.50. The first kappa shape index (κ1) is 20.6. The van der Waals surface area contributed by atoms with Gasteiger partial charge in [0.2, 0.25) is 0 Å². The molecule has 1 N–H and O–H groups in total. The van der Waals surface area contributed by atoms with E-state index in [1.165, 1.54) is 4.68 Å². The van der Waals surface area contributed by atoms with E-state index in [2.05, 4.69) is 15.4 Å². The summed E-state index contributed by atoms with van der Waals surface area (Å²) in [6, 6.07) is 7.42. The number of aromatic nitrogens is 3. The quantitative estimate of drug-likeness (QED) is 0.621. The monoisotopic (exact) mass is 420 g/mol. The molecule has 1 aromatic carbocycles. The lowest BCUT2D eigenvalue weighted by molar-refractivity contribution is 0.0514. The predicted molar refractivity (Wildman–Crippen MR) is 115 cm³/mol. The first-order chi connectivity index (χ1) is 14.8. The molecule has 160 valence electrons. The molecule has 1 aliphatic rings. The highest BCUT2D eigenvalue weighted by atomic mass is 16.6. The van der Waals surface area contributed by atoms with Gasteiger partial charge in [0.1, 0.15) is 23.5 Å². The van der Waals surface area contributed by atoms with Gasteiger partial charge in [-0.3, -0.25) is 4.79 Å². The number of aldehydes is 1. The van der Waals surface area contributed by atoms with Gasteiger partial charge in [-0.05, 0) is 32.4 Å². The Kier molecular flexibility index (Phi) is 5.46. The van der Waals surface area contributed by atoms with Crippen molar-refractivity contribution in [1.29, 1.82) is 0 Å². The van der Waals surface area contributed by atoms with Gasteiger partial charge in [-0.2, -0.15) is 9.78 Å². The second kappa shape index (κ2) is 8.22. The van der Waals surface area contributed by atoms with Crippen LogP contribution in [0.5, 0.6) is 5.75 Å². The maximum atomic E-state index is 12.3. The molecule has 31 heavy (non-hydrogen) atoms. The average molecular weight is 420 g/mol. The average Bonchev–Trinajstić information content (AvgIpc) is 3.41. The van der Waals surface area contributed by atoms with E-state index >= 15 is 0 Å². The van der Waals surface area contributed by atoms with E-state index in [1.807, 2.05) is 18.2 Å². The number of pyridine rings is 1. The first-order valence-corrected chi connectivity index (χ1v) is 10.0. The van der Waals surface area contributed by atoms with Crippen molar-refractivity contribution in [1.82, 2.24) is 14.8 Å². The summed E-state index contributed by atoms with van der Waals surface area (Å²) in [7, 11) is 0. The van der Waals surface area contributed by atoms with E-state index in [1.54, 1.807) is 45.4 Å². The summed E-state index contributed by atoms with van der Waals surface area (Å²) in [5.74, 6) is 1.48. The Balaban J connectivity index is 1.56. The van der Waals surface area contributed by atoms with E-state index < -0.39 is 11.7 Å². The maximum Gasteiger partial charge on any atom is 0.435 e. The van der Waals surface area contributed by atoms with Crippen LogP contribution in [0.2, 0.25) is 0 Å². The van der Waals surface area contributed by atoms with Crippen LogP contribution in [-0.2, 0) is 17.7 Å². The third-order valence-corrected chi connectivity index (χ3v) is 4.75. The molecule has 4 rings (SSSR count). The number of carbonyl (C=O) groups is 2. The van der Waals surface area contributed by atoms with E-state index in [-0.39, 0.29) is 0 Å². The van der Waals surface area contributed by atoms with Crippen LogP contribution in [0.3, 0.4) is 0 Å². The summed E-state index contributed by atoms with van der Waals surface area (Å²) < 4.78 is 12.4. The van der Waals surface area contributed by atoms with E-state index in [0.717, 1.165) is 46.5 Å². The SMILES string of the molecule is CC(C)(C)OC(=O)n1cc(-c2cnc(NCc3cccc(C=O)c3)c3c2OCC3)cn1. The Morgan fingerprint density at radius 1 is 1.32 bits per heavy atom. The lowest BCUT2D eigenvalue weighted by Crippen LogP contribution is -2.27. The highest BCUT2D eigenvalue weighted by molar-refractivity contribution is 5.77. The van der Waals surface area contributed by atoms with Gasteiger partial charge in [-0.25, -0.2) is 9.78 Å². The van der Waals surface area contributed by atoms with Crippen molar-refractivity contribution < 1.29 is 19.1 Å². The molecule has 3 aromatic rings. The minimum absolute atomic E-state index is 0.539. The molecule has 0 aliphatic carbocycles. The Morgan fingerprint density at radius 2 is 2.16 bits per heavy atom. The van der Waals surface area contributed by atoms with Crippen LogP contribution in [0, 0.1) is 0 Å². The minimum Gasteiger partial charge on any atom is -0.492 e. The fourth-order valence-corrected chi connectivity index (χ4v) is 3.38. The van der Waals surface area contributed by atoms with Crippen molar-refractivity contribution in [3.63, 3.8) is 0 Å². The van der Waals surface area contributed by atoms with Crippen LogP contribution < -0.4 is 10.1 Å². The molecule has 1 aliphatic heterocycles. The van der Waals surface area contributed by atoms with Crippen molar-refractivity contribution in [2.75, 3.05) is 11.9 Å². The second-order valence-electron chi connectivity index (χ2n) is 8.30. The molecule has 0 saturated heterocycles. The predicted octanol–water partition coefficient (Wildman–Crippen LogP) is 4.09. The lowest BCUT2D eigenvalue weighted by atomic mass is 10.1. The van der Waals surface area contributed by atoms with Gasteiger partial charge < -0.3 is 14.8 Å². The third kappa shape index (κ3) is 4.58. The van der Waals surface area contributed by atoms with Crippen molar-refractivity contribution in [2.24, 2.45) is 0 Å². The Hall–Kier alpha value is -3.68. The third-order valence-electron chi connectivity index (χ3n) is 4.75. The fourth-order valence-electron chi connectivity index (χ4n) is 3.38. The van der Waals surface area contributed by atoms with Gasteiger partial charge >= 0.3 is 6.09 Å².